The average Bonchev–Trinajstić information content (AvgIpc) is 2.61. The van der Waals surface area contributed by atoms with E-state index in [1.54, 1.807) is 12.1 Å². The molecular weight excluding hydrogens is 316 g/mol. The van der Waals surface area contributed by atoms with Crippen LogP contribution >= 0.6 is 0 Å². The summed E-state index contributed by atoms with van der Waals surface area (Å²) in [4.78, 5) is 23.9. The summed E-state index contributed by atoms with van der Waals surface area (Å²) in [6.07, 6.45) is 0.304. The highest BCUT2D eigenvalue weighted by Gasteiger charge is 2.06. The molecule has 2 N–H and O–H groups in total. The van der Waals surface area contributed by atoms with Crippen LogP contribution in [-0.4, -0.2) is 31.5 Å². The average molecular weight is 340 g/mol. The second kappa shape index (κ2) is 9.47. The molecule has 2 rings (SSSR count). The third-order valence-electron chi connectivity index (χ3n) is 3.65. The third-order valence-corrected chi connectivity index (χ3v) is 3.65. The topological polar surface area (TPSA) is 67.4 Å². The third kappa shape index (κ3) is 6.30. The second-order valence-electron chi connectivity index (χ2n) is 5.73. The van der Waals surface area contributed by atoms with Crippen molar-refractivity contribution in [3.63, 3.8) is 0 Å². The molecule has 0 fully saturated rings. The Morgan fingerprint density at radius 2 is 1.56 bits per heavy atom. The van der Waals surface area contributed by atoms with Crippen LogP contribution in [0.4, 0.5) is 0 Å². The van der Waals surface area contributed by atoms with Gasteiger partial charge in [0.25, 0.3) is 5.91 Å². The molecule has 0 bridgehead atoms. The number of benzene rings is 2. The lowest BCUT2D eigenvalue weighted by atomic mass is 10.1. The maximum Gasteiger partial charge on any atom is 0.251 e. The molecule has 5 nitrogen and oxygen atoms in total. The number of rotatable bonds is 8. The fourth-order valence-electron chi connectivity index (χ4n) is 2.30. The van der Waals surface area contributed by atoms with Crippen LogP contribution in [0.5, 0.6) is 5.75 Å². The minimum atomic E-state index is -0.138. The molecule has 0 aliphatic rings. The van der Waals surface area contributed by atoms with E-state index in [0.29, 0.717) is 31.7 Å². The molecule has 0 aromatic heterocycles. The Morgan fingerprint density at radius 3 is 2.20 bits per heavy atom. The molecule has 2 amide bonds. The Kier molecular flexibility index (Phi) is 7.01. The van der Waals surface area contributed by atoms with Crippen molar-refractivity contribution in [2.45, 2.75) is 20.3 Å². The smallest absolute Gasteiger partial charge is 0.251 e. The number of amides is 2. The Bertz CT molecular complexity index is 694. The minimum Gasteiger partial charge on any atom is -0.494 e. The van der Waals surface area contributed by atoms with Gasteiger partial charge in [-0.25, -0.2) is 0 Å². The van der Waals surface area contributed by atoms with Gasteiger partial charge in [0.15, 0.2) is 0 Å². The van der Waals surface area contributed by atoms with Gasteiger partial charge < -0.3 is 15.4 Å². The molecule has 2 aromatic carbocycles. The monoisotopic (exact) mass is 340 g/mol. The van der Waals surface area contributed by atoms with Crippen molar-refractivity contribution in [2.24, 2.45) is 0 Å². The van der Waals surface area contributed by atoms with Gasteiger partial charge in [-0.1, -0.05) is 29.8 Å². The first kappa shape index (κ1) is 18.5. The summed E-state index contributed by atoms with van der Waals surface area (Å²) in [5, 5.41) is 5.59. The van der Waals surface area contributed by atoms with Crippen LogP contribution in [0.25, 0.3) is 0 Å². The molecule has 0 atom stereocenters. The number of aryl methyl sites for hydroxylation is 1. The van der Waals surface area contributed by atoms with Crippen LogP contribution in [0.2, 0.25) is 0 Å². The van der Waals surface area contributed by atoms with E-state index in [0.717, 1.165) is 16.9 Å². The molecule has 0 saturated heterocycles. The molecule has 132 valence electrons. The lowest BCUT2D eigenvalue weighted by Gasteiger charge is -2.08. The van der Waals surface area contributed by atoms with Gasteiger partial charge in [0.2, 0.25) is 5.91 Å². The zero-order valence-corrected chi connectivity index (χ0v) is 14.7. The van der Waals surface area contributed by atoms with Crippen molar-refractivity contribution >= 4 is 11.8 Å². The lowest BCUT2D eigenvalue weighted by Crippen LogP contribution is -2.35. The zero-order chi connectivity index (χ0) is 18.1. The Balaban J connectivity index is 1.68. The first-order chi connectivity index (χ1) is 12.1. The van der Waals surface area contributed by atoms with Gasteiger partial charge in [0, 0.05) is 18.7 Å². The number of hydrogen-bond donors (Lipinski definition) is 2. The van der Waals surface area contributed by atoms with Crippen LogP contribution in [0.15, 0.2) is 48.5 Å². The maximum absolute atomic E-state index is 11.9. The van der Waals surface area contributed by atoms with E-state index in [1.807, 2.05) is 50.2 Å². The second-order valence-corrected chi connectivity index (χ2v) is 5.73. The summed E-state index contributed by atoms with van der Waals surface area (Å²) in [6, 6.07) is 14.8. The molecule has 0 heterocycles. The number of nitrogens with one attached hydrogen (secondary N) is 2. The molecular formula is C20H24N2O3. The van der Waals surface area contributed by atoms with Crippen molar-refractivity contribution in [1.82, 2.24) is 10.6 Å². The summed E-state index contributed by atoms with van der Waals surface area (Å²) < 4.78 is 5.37. The number of hydrogen-bond acceptors (Lipinski definition) is 3. The van der Waals surface area contributed by atoms with Crippen molar-refractivity contribution < 1.29 is 14.3 Å². The van der Waals surface area contributed by atoms with Gasteiger partial charge in [-0.15, -0.1) is 0 Å². The summed E-state index contributed by atoms with van der Waals surface area (Å²) >= 11 is 0. The standard InChI is InChI=1S/C20H24N2O3/c1-3-25-18-10-6-16(7-11-18)14-19(23)21-12-13-22-20(24)17-8-4-15(2)5-9-17/h4-11H,3,12-14H2,1-2H3,(H,21,23)(H,22,24). The molecule has 0 aliphatic carbocycles. The van der Waals surface area contributed by atoms with Crippen molar-refractivity contribution in [3.8, 4) is 5.75 Å². The van der Waals surface area contributed by atoms with Crippen LogP contribution in [0.1, 0.15) is 28.4 Å². The number of carbonyl (C=O) groups is 2. The molecule has 0 unspecified atom stereocenters. The number of carbonyl (C=O) groups excluding carboxylic acids is 2. The SMILES string of the molecule is CCOc1ccc(CC(=O)NCCNC(=O)c2ccc(C)cc2)cc1. The van der Waals surface area contributed by atoms with Crippen LogP contribution in [0.3, 0.4) is 0 Å². The van der Waals surface area contributed by atoms with Crippen molar-refractivity contribution in [3.05, 3.63) is 65.2 Å². The zero-order valence-electron chi connectivity index (χ0n) is 14.7. The van der Waals surface area contributed by atoms with E-state index < -0.39 is 0 Å². The molecule has 0 saturated carbocycles. The first-order valence-corrected chi connectivity index (χ1v) is 8.42. The molecule has 5 heteroatoms. The van der Waals surface area contributed by atoms with Gasteiger partial charge in [-0.2, -0.15) is 0 Å². The highest BCUT2D eigenvalue weighted by atomic mass is 16.5. The highest BCUT2D eigenvalue weighted by molar-refractivity contribution is 5.94. The van der Waals surface area contributed by atoms with Crippen LogP contribution in [-0.2, 0) is 11.2 Å². The molecule has 0 spiro atoms. The maximum atomic E-state index is 11.9. The Hall–Kier alpha value is -2.82. The predicted molar refractivity (Wildman–Crippen MR) is 97.8 cm³/mol. The summed E-state index contributed by atoms with van der Waals surface area (Å²) in [7, 11) is 0. The van der Waals surface area contributed by atoms with E-state index in [4.69, 9.17) is 4.74 Å². The normalized spacial score (nSPS) is 10.2. The van der Waals surface area contributed by atoms with E-state index in [1.165, 1.54) is 0 Å². The molecule has 0 radical (unpaired) electrons. The quantitative estimate of drug-likeness (QED) is 0.726. The van der Waals surface area contributed by atoms with Gasteiger partial charge >= 0.3 is 0 Å². The summed E-state index contributed by atoms with van der Waals surface area (Å²) in [6.45, 7) is 5.31. The Morgan fingerprint density at radius 1 is 0.920 bits per heavy atom. The minimum absolute atomic E-state index is 0.0752. The predicted octanol–water partition coefficient (Wildman–Crippen LogP) is 2.48. The van der Waals surface area contributed by atoms with E-state index in [2.05, 4.69) is 10.6 Å². The Labute approximate surface area is 148 Å². The lowest BCUT2D eigenvalue weighted by molar-refractivity contribution is -0.120. The van der Waals surface area contributed by atoms with E-state index >= 15 is 0 Å². The number of ether oxygens (including phenoxy) is 1. The summed E-state index contributed by atoms with van der Waals surface area (Å²) in [5.74, 6) is 0.583. The van der Waals surface area contributed by atoms with E-state index in [-0.39, 0.29) is 11.8 Å². The molecule has 25 heavy (non-hydrogen) atoms. The largest absolute Gasteiger partial charge is 0.494 e. The van der Waals surface area contributed by atoms with Crippen LogP contribution < -0.4 is 15.4 Å². The molecule has 2 aromatic rings. The van der Waals surface area contributed by atoms with Gasteiger partial charge in [-0.3, -0.25) is 9.59 Å². The fourth-order valence-corrected chi connectivity index (χ4v) is 2.30. The first-order valence-electron chi connectivity index (χ1n) is 8.42. The van der Waals surface area contributed by atoms with Crippen molar-refractivity contribution in [1.29, 1.82) is 0 Å². The fraction of sp³-hybridized carbons (Fsp3) is 0.300. The van der Waals surface area contributed by atoms with E-state index in [9.17, 15) is 9.59 Å². The summed E-state index contributed by atoms with van der Waals surface area (Å²) in [5.41, 5.74) is 2.65. The molecule has 0 aliphatic heterocycles. The van der Waals surface area contributed by atoms with Crippen molar-refractivity contribution in [2.75, 3.05) is 19.7 Å². The highest BCUT2D eigenvalue weighted by Crippen LogP contribution is 2.12. The van der Waals surface area contributed by atoms with Gasteiger partial charge in [0.1, 0.15) is 5.75 Å². The van der Waals surface area contributed by atoms with Crippen LogP contribution in [0, 0.1) is 6.92 Å². The van der Waals surface area contributed by atoms with Gasteiger partial charge in [-0.05, 0) is 43.7 Å². The van der Waals surface area contributed by atoms with Gasteiger partial charge in [0.05, 0.1) is 13.0 Å².